The fourth-order valence-corrected chi connectivity index (χ4v) is 12.4. The molecule has 3 heteroatoms. The normalized spacial score (nSPS) is 52.9. The molecule has 210 valence electrons. The molecule has 0 aromatic rings. The van der Waals surface area contributed by atoms with Crippen LogP contribution in [0.1, 0.15) is 119 Å². The predicted molar refractivity (Wildman–Crippen MR) is 151 cm³/mol. The van der Waals surface area contributed by atoms with Crippen LogP contribution >= 0.6 is 0 Å². The average Bonchev–Trinajstić information content (AvgIpc) is 3.25. The van der Waals surface area contributed by atoms with Crippen molar-refractivity contribution in [2.24, 2.45) is 62.6 Å². The molecular formula is C34H56O3. The summed E-state index contributed by atoms with van der Waals surface area (Å²) in [7, 11) is 0. The summed E-state index contributed by atoms with van der Waals surface area (Å²) in [5.74, 6) is 3.75. The predicted octanol–water partition coefficient (Wildman–Crippen LogP) is 8.21. The van der Waals surface area contributed by atoms with Gasteiger partial charge in [-0.3, -0.25) is 4.79 Å². The van der Waals surface area contributed by atoms with Crippen molar-refractivity contribution in [3.8, 4) is 0 Å². The maximum atomic E-state index is 11.9. The summed E-state index contributed by atoms with van der Waals surface area (Å²) in [6, 6.07) is 0. The smallest absolute Gasteiger partial charge is 0.302 e. The molecule has 5 aliphatic rings. The number of ether oxygens (including phenoxy) is 1. The first kappa shape index (κ1) is 27.7. The highest BCUT2D eigenvalue weighted by Gasteiger charge is 2.71. The van der Waals surface area contributed by atoms with Crippen LogP contribution in [0.2, 0.25) is 0 Å². The fourth-order valence-electron chi connectivity index (χ4n) is 12.4. The van der Waals surface area contributed by atoms with Gasteiger partial charge in [-0.15, -0.1) is 0 Å². The third-order valence-electron chi connectivity index (χ3n) is 15.0. The van der Waals surface area contributed by atoms with Crippen molar-refractivity contribution in [3.05, 3.63) is 12.2 Å². The van der Waals surface area contributed by atoms with Crippen molar-refractivity contribution in [1.29, 1.82) is 0 Å². The van der Waals surface area contributed by atoms with Crippen molar-refractivity contribution in [3.63, 3.8) is 0 Å². The Morgan fingerprint density at radius 1 is 0.919 bits per heavy atom. The first-order valence-electron chi connectivity index (χ1n) is 15.7. The second-order valence-corrected chi connectivity index (χ2v) is 15.6. The molecule has 5 rings (SSSR count). The third-order valence-corrected chi connectivity index (χ3v) is 15.0. The van der Waals surface area contributed by atoms with Crippen molar-refractivity contribution in [1.82, 2.24) is 0 Å². The molecule has 0 radical (unpaired) electrons. The van der Waals surface area contributed by atoms with Crippen LogP contribution in [0.3, 0.4) is 0 Å². The second-order valence-electron chi connectivity index (χ2n) is 15.6. The van der Waals surface area contributed by atoms with E-state index in [1.807, 2.05) is 0 Å². The van der Waals surface area contributed by atoms with Gasteiger partial charge in [-0.1, -0.05) is 54.5 Å². The van der Waals surface area contributed by atoms with Crippen molar-refractivity contribution in [2.75, 3.05) is 13.2 Å². The summed E-state index contributed by atoms with van der Waals surface area (Å²) in [6.45, 7) is 22.3. The number of carbonyl (C=O) groups is 1. The Labute approximate surface area is 227 Å². The van der Waals surface area contributed by atoms with Crippen LogP contribution in [-0.2, 0) is 9.53 Å². The first-order chi connectivity index (χ1) is 17.3. The zero-order valence-electron chi connectivity index (χ0n) is 25.1. The molecular weight excluding hydrogens is 456 g/mol. The van der Waals surface area contributed by atoms with E-state index in [1.165, 1.54) is 51.4 Å². The molecule has 5 saturated carbocycles. The molecule has 11 atom stereocenters. The minimum Gasteiger partial charge on any atom is -0.465 e. The topological polar surface area (TPSA) is 46.5 Å². The van der Waals surface area contributed by atoms with E-state index >= 15 is 0 Å². The van der Waals surface area contributed by atoms with E-state index in [1.54, 1.807) is 6.92 Å². The molecule has 0 aromatic heterocycles. The van der Waals surface area contributed by atoms with Gasteiger partial charge < -0.3 is 9.84 Å². The number of hydrogen-bond donors (Lipinski definition) is 1. The Morgan fingerprint density at radius 2 is 1.65 bits per heavy atom. The summed E-state index contributed by atoms with van der Waals surface area (Å²) < 4.78 is 5.79. The van der Waals surface area contributed by atoms with E-state index in [2.05, 4.69) is 48.1 Å². The van der Waals surface area contributed by atoms with Gasteiger partial charge in [0.05, 0.1) is 13.2 Å². The lowest BCUT2D eigenvalue weighted by Crippen LogP contribution is -2.66. The standard InChI is InChI=1S/C34H56O3/c1-9-30(5)23(3)12-15-31(6)27(30)14-16-33(8)28(31)11-10-26-29-25(22(2)20-35)13-17-34(29,21-37-24(4)36)19-18-32(26,33)7/h23,25-29,35H,2,9-21H2,1,3-8H3. The number of fused-ring (bicyclic) bond motifs is 7. The molecule has 5 fully saturated rings. The highest BCUT2D eigenvalue weighted by molar-refractivity contribution is 5.65. The highest BCUT2D eigenvalue weighted by atomic mass is 16.5. The molecule has 0 amide bonds. The summed E-state index contributed by atoms with van der Waals surface area (Å²) in [6.07, 6.45) is 14.1. The van der Waals surface area contributed by atoms with E-state index in [9.17, 15) is 9.90 Å². The van der Waals surface area contributed by atoms with E-state index in [0.717, 1.165) is 42.6 Å². The lowest BCUT2D eigenvalue weighted by Gasteiger charge is -2.73. The van der Waals surface area contributed by atoms with Crippen LogP contribution in [0, 0.1) is 62.6 Å². The minimum absolute atomic E-state index is 0.0595. The SMILES string of the molecule is C=C(CO)C1CCC2(COC(C)=O)CCC3(C)C(CCC4C5(C)CCC(C)C(C)(CC)C5CCC43C)C12. The number of aliphatic hydroxyl groups excluding tert-OH is 1. The van der Waals surface area contributed by atoms with E-state index < -0.39 is 0 Å². The number of hydrogen-bond acceptors (Lipinski definition) is 3. The summed E-state index contributed by atoms with van der Waals surface area (Å²) in [5, 5.41) is 10.2. The van der Waals surface area contributed by atoms with Gasteiger partial charge in [0.2, 0.25) is 0 Å². The maximum absolute atomic E-state index is 11.9. The Hall–Kier alpha value is -0.830. The maximum Gasteiger partial charge on any atom is 0.302 e. The first-order valence-corrected chi connectivity index (χ1v) is 15.7. The zero-order valence-corrected chi connectivity index (χ0v) is 25.1. The number of carbonyl (C=O) groups excluding carboxylic acids is 1. The van der Waals surface area contributed by atoms with Gasteiger partial charge in [0.15, 0.2) is 0 Å². The molecule has 37 heavy (non-hydrogen) atoms. The van der Waals surface area contributed by atoms with Gasteiger partial charge in [-0.05, 0) is 127 Å². The Morgan fingerprint density at radius 3 is 2.30 bits per heavy atom. The van der Waals surface area contributed by atoms with Gasteiger partial charge in [0, 0.05) is 12.3 Å². The molecule has 5 aliphatic carbocycles. The van der Waals surface area contributed by atoms with Gasteiger partial charge in [-0.2, -0.15) is 0 Å². The number of aliphatic hydroxyl groups is 1. The van der Waals surface area contributed by atoms with E-state index in [0.29, 0.717) is 40.6 Å². The molecule has 1 N–H and O–H groups in total. The van der Waals surface area contributed by atoms with Crippen LogP contribution in [0.4, 0.5) is 0 Å². The average molecular weight is 513 g/mol. The van der Waals surface area contributed by atoms with Crippen molar-refractivity contribution < 1.29 is 14.6 Å². The molecule has 0 aliphatic heterocycles. The van der Waals surface area contributed by atoms with E-state index in [-0.39, 0.29) is 23.4 Å². The largest absolute Gasteiger partial charge is 0.465 e. The molecule has 0 spiro atoms. The molecule has 0 saturated heterocycles. The fraction of sp³-hybridized carbons (Fsp3) is 0.912. The Balaban J connectivity index is 1.53. The highest BCUT2D eigenvalue weighted by Crippen LogP contribution is 2.78. The van der Waals surface area contributed by atoms with Crippen LogP contribution < -0.4 is 0 Å². The second kappa shape index (κ2) is 9.10. The van der Waals surface area contributed by atoms with Gasteiger partial charge in [-0.25, -0.2) is 0 Å². The summed E-state index contributed by atoms with van der Waals surface area (Å²) in [5.41, 5.74) is 2.61. The van der Waals surface area contributed by atoms with Crippen LogP contribution in [-0.4, -0.2) is 24.3 Å². The Bertz CT molecular complexity index is 926. The van der Waals surface area contributed by atoms with Gasteiger partial charge >= 0.3 is 5.97 Å². The summed E-state index contributed by atoms with van der Waals surface area (Å²) in [4.78, 5) is 11.9. The third kappa shape index (κ3) is 3.64. The minimum atomic E-state index is -0.154. The van der Waals surface area contributed by atoms with Crippen molar-refractivity contribution in [2.45, 2.75) is 119 Å². The molecule has 11 unspecified atom stereocenters. The van der Waals surface area contributed by atoms with Crippen LogP contribution in [0.25, 0.3) is 0 Å². The number of esters is 1. The Kier molecular flexibility index (Phi) is 6.82. The quantitative estimate of drug-likeness (QED) is 0.298. The van der Waals surface area contributed by atoms with Gasteiger partial charge in [0.1, 0.15) is 0 Å². The molecule has 0 bridgehead atoms. The molecule has 0 aromatic carbocycles. The lowest BCUT2D eigenvalue weighted by molar-refractivity contribution is -0.246. The van der Waals surface area contributed by atoms with Crippen LogP contribution in [0.5, 0.6) is 0 Å². The monoisotopic (exact) mass is 512 g/mol. The van der Waals surface area contributed by atoms with Crippen molar-refractivity contribution >= 4 is 5.97 Å². The van der Waals surface area contributed by atoms with E-state index in [4.69, 9.17) is 4.74 Å². The summed E-state index contributed by atoms with van der Waals surface area (Å²) >= 11 is 0. The zero-order chi connectivity index (χ0) is 27.0. The number of rotatable bonds is 5. The van der Waals surface area contributed by atoms with Crippen LogP contribution in [0.15, 0.2) is 12.2 Å². The lowest BCUT2D eigenvalue weighted by atomic mass is 9.31. The molecule has 3 nitrogen and oxygen atoms in total. The molecule has 0 heterocycles. The van der Waals surface area contributed by atoms with Gasteiger partial charge in [0.25, 0.3) is 0 Å².